The molecule has 1 saturated heterocycles. The number of carbonyl (C=O) groups is 1. The quantitative estimate of drug-likeness (QED) is 0.861. The molecule has 2 rings (SSSR count). The Morgan fingerprint density at radius 3 is 2.67 bits per heavy atom. The second-order valence-electron chi connectivity index (χ2n) is 5.68. The Bertz CT molecular complexity index is 470. The third-order valence-corrected chi connectivity index (χ3v) is 3.98. The normalized spacial score (nSPS) is 19.0. The van der Waals surface area contributed by atoms with Crippen LogP contribution in [0.25, 0.3) is 0 Å². The number of morpholine rings is 1. The van der Waals surface area contributed by atoms with Crippen LogP contribution in [0.2, 0.25) is 0 Å². The largest absolute Gasteiger partial charge is 0.379 e. The Morgan fingerprint density at radius 1 is 1.33 bits per heavy atom. The van der Waals surface area contributed by atoms with Gasteiger partial charge in [0.15, 0.2) is 0 Å². The van der Waals surface area contributed by atoms with E-state index in [0.717, 1.165) is 44.1 Å². The van der Waals surface area contributed by atoms with Crippen molar-refractivity contribution in [3.8, 4) is 0 Å². The molecule has 1 heterocycles. The topological polar surface area (TPSA) is 67.6 Å². The van der Waals surface area contributed by atoms with Gasteiger partial charge in [-0.2, -0.15) is 0 Å². The molecular formula is C16H25N3O2. The Labute approximate surface area is 126 Å². The van der Waals surface area contributed by atoms with Gasteiger partial charge in [0, 0.05) is 31.4 Å². The lowest BCUT2D eigenvalue weighted by Crippen LogP contribution is -2.36. The highest BCUT2D eigenvalue weighted by molar-refractivity contribution is 5.93. The Kier molecular flexibility index (Phi) is 5.73. The van der Waals surface area contributed by atoms with Crippen molar-refractivity contribution < 1.29 is 9.53 Å². The van der Waals surface area contributed by atoms with Crippen LogP contribution in [0.4, 0.5) is 5.69 Å². The van der Waals surface area contributed by atoms with Gasteiger partial charge < -0.3 is 15.8 Å². The number of benzene rings is 1. The van der Waals surface area contributed by atoms with Gasteiger partial charge in [0.2, 0.25) is 5.91 Å². The summed E-state index contributed by atoms with van der Waals surface area (Å²) in [5, 5.41) is 3.00. The lowest BCUT2D eigenvalue weighted by Gasteiger charge is -2.27. The fourth-order valence-corrected chi connectivity index (χ4v) is 2.27. The zero-order valence-electron chi connectivity index (χ0n) is 12.8. The smallest absolute Gasteiger partial charge is 0.228 e. The number of hydrogen-bond donors (Lipinski definition) is 2. The molecule has 3 N–H and O–H groups in total. The highest BCUT2D eigenvalue weighted by Crippen LogP contribution is 2.19. The first-order chi connectivity index (χ1) is 10.1. The molecule has 1 aliphatic rings. The van der Waals surface area contributed by atoms with Crippen molar-refractivity contribution in [1.29, 1.82) is 0 Å². The van der Waals surface area contributed by atoms with E-state index in [2.05, 4.69) is 16.3 Å². The molecule has 5 nitrogen and oxygen atoms in total. The summed E-state index contributed by atoms with van der Waals surface area (Å²) in [6.07, 6.45) is 0. The standard InChI is InChI=1S/C16H25N3O2/c1-12(13(2)17)16(20)18-15-6-4-3-5-14(15)11-19-7-9-21-10-8-19/h3-6,12-13H,7-11,17H2,1-2H3,(H,18,20). The van der Waals surface area contributed by atoms with Crippen LogP contribution >= 0.6 is 0 Å². The minimum Gasteiger partial charge on any atom is -0.379 e. The van der Waals surface area contributed by atoms with Gasteiger partial charge in [0.05, 0.1) is 19.1 Å². The fourth-order valence-electron chi connectivity index (χ4n) is 2.27. The van der Waals surface area contributed by atoms with Crippen LogP contribution in [0.15, 0.2) is 24.3 Å². The summed E-state index contributed by atoms with van der Waals surface area (Å²) in [4.78, 5) is 14.5. The lowest BCUT2D eigenvalue weighted by molar-refractivity contribution is -0.119. The van der Waals surface area contributed by atoms with E-state index in [1.54, 1.807) is 0 Å². The van der Waals surface area contributed by atoms with Crippen molar-refractivity contribution in [1.82, 2.24) is 4.90 Å². The molecule has 0 aromatic heterocycles. The van der Waals surface area contributed by atoms with Gasteiger partial charge >= 0.3 is 0 Å². The number of nitrogens with two attached hydrogens (primary N) is 1. The van der Waals surface area contributed by atoms with Gasteiger partial charge in [0.25, 0.3) is 0 Å². The molecule has 2 unspecified atom stereocenters. The third-order valence-electron chi connectivity index (χ3n) is 3.98. The molecule has 0 aliphatic carbocycles. The number of ether oxygens (including phenoxy) is 1. The second-order valence-corrected chi connectivity index (χ2v) is 5.68. The van der Waals surface area contributed by atoms with E-state index in [-0.39, 0.29) is 17.9 Å². The average Bonchev–Trinajstić information content (AvgIpc) is 2.49. The molecule has 0 bridgehead atoms. The van der Waals surface area contributed by atoms with Crippen molar-refractivity contribution in [3.05, 3.63) is 29.8 Å². The lowest BCUT2D eigenvalue weighted by atomic mass is 10.0. The average molecular weight is 291 g/mol. The Balaban J connectivity index is 2.04. The molecule has 1 aromatic carbocycles. The number of nitrogens with zero attached hydrogens (tertiary/aromatic N) is 1. The van der Waals surface area contributed by atoms with E-state index in [1.807, 2.05) is 32.0 Å². The van der Waals surface area contributed by atoms with Gasteiger partial charge in [-0.05, 0) is 18.6 Å². The Morgan fingerprint density at radius 2 is 2.00 bits per heavy atom. The fraction of sp³-hybridized carbons (Fsp3) is 0.562. The highest BCUT2D eigenvalue weighted by atomic mass is 16.5. The highest BCUT2D eigenvalue weighted by Gasteiger charge is 2.19. The molecule has 5 heteroatoms. The molecule has 1 aliphatic heterocycles. The summed E-state index contributed by atoms with van der Waals surface area (Å²) >= 11 is 0. The zero-order chi connectivity index (χ0) is 15.2. The van der Waals surface area contributed by atoms with E-state index in [1.165, 1.54) is 0 Å². The number of amides is 1. The van der Waals surface area contributed by atoms with E-state index < -0.39 is 0 Å². The predicted octanol–water partition coefficient (Wildman–Crippen LogP) is 1.44. The predicted molar refractivity (Wildman–Crippen MR) is 84.0 cm³/mol. The van der Waals surface area contributed by atoms with E-state index in [9.17, 15) is 4.79 Å². The summed E-state index contributed by atoms with van der Waals surface area (Å²) in [7, 11) is 0. The number of rotatable bonds is 5. The number of carbonyl (C=O) groups excluding carboxylic acids is 1. The molecule has 1 aromatic rings. The summed E-state index contributed by atoms with van der Waals surface area (Å²) in [5.41, 5.74) is 7.80. The van der Waals surface area contributed by atoms with Crippen LogP contribution in [0.1, 0.15) is 19.4 Å². The molecule has 1 amide bonds. The summed E-state index contributed by atoms with van der Waals surface area (Å²) < 4.78 is 5.36. The van der Waals surface area contributed by atoms with Crippen molar-refractivity contribution in [2.24, 2.45) is 11.7 Å². The van der Waals surface area contributed by atoms with Crippen molar-refractivity contribution in [2.75, 3.05) is 31.6 Å². The van der Waals surface area contributed by atoms with Crippen LogP contribution in [0, 0.1) is 5.92 Å². The number of hydrogen-bond acceptors (Lipinski definition) is 4. The summed E-state index contributed by atoms with van der Waals surface area (Å²) in [6, 6.07) is 7.79. The SMILES string of the molecule is CC(N)C(C)C(=O)Nc1ccccc1CN1CCOCC1. The monoisotopic (exact) mass is 291 g/mol. The first-order valence-corrected chi connectivity index (χ1v) is 7.52. The molecule has 0 spiro atoms. The molecular weight excluding hydrogens is 266 g/mol. The van der Waals surface area contributed by atoms with Crippen molar-refractivity contribution in [2.45, 2.75) is 26.4 Å². The van der Waals surface area contributed by atoms with Crippen LogP contribution in [0.5, 0.6) is 0 Å². The third kappa shape index (κ3) is 4.52. The number of anilines is 1. The minimum absolute atomic E-state index is 0.0283. The van der Waals surface area contributed by atoms with E-state index in [0.29, 0.717) is 0 Å². The van der Waals surface area contributed by atoms with Crippen LogP contribution in [0.3, 0.4) is 0 Å². The van der Waals surface area contributed by atoms with Crippen LogP contribution in [-0.2, 0) is 16.1 Å². The van der Waals surface area contributed by atoms with Gasteiger partial charge in [-0.1, -0.05) is 25.1 Å². The Hall–Kier alpha value is -1.43. The van der Waals surface area contributed by atoms with Gasteiger partial charge in [-0.25, -0.2) is 0 Å². The van der Waals surface area contributed by atoms with E-state index in [4.69, 9.17) is 10.5 Å². The van der Waals surface area contributed by atoms with Gasteiger partial charge in [0.1, 0.15) is 0 Å². The maximum Gasteiger partial charge on any atom is 0.228 e. The van der Waals surface area contributed by atoms with Crippen LogP contribution < -0.4 is 11.1 Å². The molecule has 21 heavy (non-hydrogen) atoms. The summed E-state index contributed by atoms with van der Waals surface area (Å²) in [6.45, 7) is 7.93. The van der Waals surface area contributed by atoms with E-state index >= 15 is 0 Å². The molecule has 116 valence electrons. The first kappa shape index (κ1) is 15.9. The maximum absolute atomic E-state index is 12.2. The maximum atomic E-state index is 12.2. The number of para-hydroxylation sites is 1. The molecule has 0 radical (unpaired) electrons. The molecule has 1 fully saturated rings. The van der Waals surface area contributed by atoms with Crippen LogP contribution in [-0.4, -0.2) is 43.2 Å². The van der Waals surface area contributed by atoms with Crippen molar-refractivity contribution in [3.63, 3.8) is 0 Å². The zero-order valence-corrected chi connectivity index (χ0v) is 12.8. The molecule has 2 atom stereocenters. The van der Waals surface area contributed by atoms with Gasteiger partial charge in [-0.3, -0.25) is 9.69 Å². The number of nitrogens with one attached hydrogen (secondary N) is 1. The minimum atomic E-state index is -0.207. The second kappa shape index (κ2) is 7.54. The molecule has 0 saturated carbocycles. The first-order valence-electron chi connectivity index (χ1n) is 7.52. The van der Waals surface area contributed by atoms with Gasteiger partial charge in [-0.15, -0.1) is 0 Å². The van der Waals surface area contributed by atoms with Crippen molar-refractivity contribution >= 4 is 11.6 Å². The summed E-state index contributed by atoms with van der Waals surface area (Å²) in [5.74, 6) is -0.235.